The summed E-state index contributed by atoms with van der Waals surface area (Å²) in [7, 11) is 0. The fraction of sp³-hybridized carbons (Fsp3) is 0.188. The maximum atomic E-state index is 10.9. The topological polar surface area (TPSA) is 17.1 Å². The van der Waals surface area contributed by atoms with Crippen molar-refractivity contribution in [2.24, 2.45) is 0 Å². The molecule has 2 aromatic carbocycles. The third kappa shape index (κ3) is 3.74. The number of aryl methyl sites for hydroxylation is 1. The Kier molecular flexibility index (Phi) is 4.59. The fourth-order valence-corrected chi connectivity index (χ4v) is 2.47. The van der Waals surface area contributed by atoms with Gasteiger partial charge in [0.05, 0.1) is 0 Å². The van der Waals surface area contributed by atoms with Gasteiger partial charge < -0.3 is 0 Å². The number of thioether (sulfide) groups is 1. The summed E-state index contributed by atoms with van der Waals surface area (Å²) in [6.07, 6.45) is 0.935. The molecule has 0 aromatic heterocycles. The van der Waals surface area contributed by atoms with E-state index in [4.69, 9.17) is 0 Å². The van der Waals surface area contributed by atoms with Gasteiger partial charge in [0.15, 0.2) is 5.12 Å². The van der Waals surface area contributed by atoms with Crippen molar-refractivity contribution in [1.82, 2.24) is 0 Å². The van der Waals surface area contributed by atoms with Crippen LogP contribution in [-0.2, 0) is 11.2 Å². The van der Waals surface area contributed by atoms with Crippen LogP contribution in [0.25, 0.3) is 11.1 Å². The molecule has 0 N–H and O–H groups in total. The average Bonchev–Trinajstić information content (AvgIpc) is 2.40. The van der Waals surface area contributed by atoms with Crippen LogP contribution < -0.4 is 0 Å². The predicted molar refractivity (Wildman–Crippen MR) is 78.7 cm³/mol. The molecular formula is C16H16OS. The van der Waals surface area contributed by atoms with Gasteiger partial charge in [0, 0.05) is 12.7 Å². The lowest BCUT2D eigenvalue weighted by molar-refractivity contribution is -0.109. The largest absolute Gasteiger partial charge is 0.288 e. The van der Waals surface area contributed by atoms with Gasteiger partial charge in [-0.25, -0.2) is 0 Å². The summed E-state index contributed by atoms with van der Waals surface area (Å²) in [6.45, 7) is 1.62. The summed E-state index contributed by atoms with van der Waals surface area (Å²) in [5.74, 6) is 0.855. The van der Waals surface area contributed by atoms with Gasteiger partial charge in [-0.2, -0.15) is 0 Å². The molecule has 0 atom stereocenters. The van der Waals surface area contributed by atoms with Gasteiger partial charge in [0.1, 0.15) is 0 Å². The molecule has 0 fully saturated rings. The lowest BCUT2D eigenvalue weighted by Crippen LogP contribution is -1.92. The fourth-order valence-electron chi connectivity index (χ4n) is 1.85. The van der Waals surface area contributed by atoms with E-state index in [-0.39, 0.29) is 5.12 Å². The van der Waals surface area contributed by atoms with Crippen molar-refractivity contribution in [2.45, 2.75) is 13.3 Å². The van der Waals surface area contributed by atoms with Crippen molar-refractivity contribution in [2.75, 3.05) is 5.75 Å². The molecule has 0 radical (unpaired) electrons. The van der Waals surface area contributed by atoms with Crippen LogP contribution in [0.4, 0.5) is 0 Å². The second-order valence-electron chi connectivity index (χ2n) is 4.16. The Morgan fingerprint density at radius 1 is 1.00 bits per heavy atom. The molecule has 2 heteroatoms. The highest BCUT2D eigenvalue weighted by Crippen LogP contribution is 2.20. The van der Waals surface area contributed by atoms with E-state index in [2.05, 4.69) is 36.4 Å². The quantitative estimate of drug-likeness (QED) is 0.816. The van der Waals surface area contributed by atoms with Crippen LogP contribution in [0.15, 0.2) is 54.6 Å². The van der Waals surface area contributed by atoms with E-state index in [0.717, 1.165) is 12.2 Å². The van der Waals surface area contributed by atoms with Crippen LogP contribution in [0, 0.1) is 0 Å². The van der Waals surface area contributed by atoms with Crippen molar-refractivity contribution in [3.05, 3.63) is 60.2 Å². The zero-order chi connectivity index (χ0) is 12.8. The zero-order valence-electron chi connectivity index (χ0n) is 10.4. The summed E-state index contributed by atoms with van der Waals surface area (Å²) >= 11 is 1.39. The van der Waals surface area contributed by atoms with Crippen LogP contribution in [0.3, 0.4) is 0 Å². The number of hydrogen-bond donors (Lipinski definition) is 0. The molecule has 0 aliphatic heterocycles. The van der Waals surface area contributed by atoms with Crippen molar-refractivity contribution in [3.63, 3.8) is 0 Å². The van der Waals surface area contributed by atoms with Crippen molar-refractivity contribution in [3.8, 4) is 11.1 Å². The highest BCUT2D eigenvalue weighted by molar-refractivity contribution is 8.13. The molecule has 2 aromatic rings. The molecule has 0 amide bonds. The molecule has 0 saturated carbocycles. The molecule has 0 aliphatic rings. The maximum Gasteiger partial charge on any atom is 0.185 e. The smallest absolute Gasteiger partial charge is 0.185 e. The third-order valence-electron chi connectivity index (χ3n) is 2.73. The van der Waals surface area contributed by atoms with E-state index in [1.54, 1.807) is 6.92 Å². The Morgan fingerprint density at radius 2 is 1.72 bits per heavy atom. The second kappa shape index (κ2) is 6.41. The van der Waals surface area contributed by atoms with Crippen LogP contribution in [0.1, 0.15) is 12.5 Å². The third-order valence-corrected chi connectivity index (χ3v) is 3.54. The van der Waals surface area contributed by atoms with Gasteiger partial charge in [-0.05, 0) is 23.1 Å². The van der Waals surface area contributed by atoms with Crippen LogP contribution in [0.2, 0.25) is 0 Å². The molecule has 0 aliphatic carbocycles. The first-order valence-electron chi connectivity index (χ1n) is 6.03. The Balaban J connectivity index is 2.08. The Labute approximate surface area is 112 Å². The van der Waals surface area contributed by atoms with E-state index in [1.165, 1.54) is 28.5 Å². The van der Waals surface area contributed by atoms with Gasteiger partial charge in [0.25, 0.3) is 0 Å². The molecule has 18 heavy (non-hydrogen) atoms. The summed E-state index contributed by atoms with van der Waals surface area (Å²) in [6, 6.07) is 18.9. The lowest BCUT2D eigenvalue weighted by Gasteiger charge is -2.05. The average molecular weight is 256 g/mol. The Morgan fingerprint density at radius 3 is 2.44 bits per heavy atom. The van der Waals surface area contributed by atoms with Crippen molar-refractivity contribution >= 4 is 16.9 Å². The second-order valence-corrected chi connectivity index (χ2v) is 5.43. The summed E-state index contributed by atoms with van der Waals surface area (Å²) in [4.78, 5) is 10.9. The summed E-state index contributed by atoms with van der Waals surface area (Å²) < 4.78 is 0. The maximum absolute atomic E-state index is 10.9. The van der Waals surface area contributed by atoms with Crippen LogP contribution in [-0.4, -0.2) is 10.9 Å². The van der Waals surface area contributed by atoms with Crippen LogP contribution >= 0.6 is 11.8 Å². The Bertz CT molecular complexity index is 520. The predicted octanol–water partition coefficient (Wildman–Crippen LogP) is 4.18. The number of benzene rings is 2. The highest BCUT2D eigenvalue weighted by Gasteiger charge is 2.00. The molecule has 0 spiro atoms. The zero-order valence-corrected chi connectivity index (χ0v) is 11.2. The van der Waals surface area contributed by atoms with Gasteiger partial charge in [-0.15, -0.1) is 0 Å². The van der Waals surface area contributed by atoms with E-state index < -0.39 is 0 Å². The van der Waals surface area contributed by atoms with E-state index in [0.29, 0.717) is 0 Å². The minimum Gasteiger partial charge on any atom is -0.288 e. The summed E-state index contributed by atoms with van der Waals surface area (Å²) in [5, 5.41) is 0.189. The van der Waals surface area contributed by atoms with E-state index >= 15 is 0 Å². The molecule has 0 bridgehead atoms. The molecular weight excluding hydrogens is 240 g/mol. The minimum atomic E-state index is 0.189. The minimum absolute atomic E-state index is 0.189. The van der Waals surface area contributed by atoms with Crippen molar-refractivity contribution < 1.29 is 4.79 Å². The summed E-state index contributed by atoms with van der Waals surface area (Å²) in [5.41, 5.74) is 3.75. The number of carbonyl (C=O) groups excluding carboxylic acids is 1. The number of hydrogen-bond acceptors (Lipinski definition) is 2. The first-order chi connectivity index (χ1) is 8.75. The first kappa shape index (κ1) is 12.9. The lowest BCUT2D eigenvalue weighted by atomic mass is 10.0. The standard InChI is InChI=1S/C16H16OS/c1-13(17)18-11-10-14-6-5-9-16(12-14)15-7-3-2-4-8-15/h2-9,12H,10-11H2,1H3. The number of carbonyl (C=O) groups is 1. The van der Waals surface area contributed by atoms with Crippen LogP contribution in [0.5, 0.6) is 0 Å². The molecule has 0 saturated heterocycles. The van der Waals surface area contributed by atoms with E-state index in [1.807, 2.05) is 18.2 Å². The number of rotatable bonds is 4. The van der Waals surface area contributed by atoms with E-state index in [9.17, 15) is 4.79 Å². The molecule has 2 rings (SSSR count). The van der Waals surface area contributed by atoms with Crippen molar-refractivity contribution in [1.29, 1.82) is 0 Å². The van der Waals surface area contributed by atoms with Gasteiger partial charge in [0.2, 0.25) is 0 Å². The SMILES string of the molecule is CC(=O)SCCc1cccc(-c2ccccc2)c1. The van der Waals surface area contributed by atoms with Gasteiger partial charge in [-0.1, -0.05) is 66.4 Å². The first-order valence-corrected chi connectivity index (χ1v) is 7.02. The monoisotopic (exact) mass is 256 g/mol. The van der Waals surface area contributed by atoms with Gasteiger partial charge in [-0.3, -0.25) is 4.79 Å². The van der Waals surface area contributed by atoms with Gasteiger partial charge >= 0.3 is 0 Å². The Hall–Kier alpha value is -1.54. The highest BCUT2D eigenvalue weighted by atomic mass is 32.2. The molecule has 1 nitrogen and oxygen atoms in total. The molecule has 0 heterocycles. The molecule has 92 valence electrons. The molecule has 0 unspecified atom stereocenters. The normalized spacial score (nSPS) is 10.3.